The lowest BCUT2D eigenvalue weighted by atomic mass is 10.0. The molecule has 0 saturated carbocycles. The van der Waals surface area contributed by atoms with Crippen LogP contribution in [0.1, 0.15) is 19.4 Å². The Morgan fingerprint density at radius 2 is 2.00 bits per heavy atom. The highest BCUT2D eigenvalue weighted by atomic mass is 16.5. The van der Waals surface area contributed by atoms with Gasteiger partial charge in [0.05, 0.1) is 19.6 Å². The summed E-state index contributed by atoms with van der Waals surface area (Å²) >= 11 is 0. The summed E-state index contributed by atoms with van der Waals surface area (Å²) in [5.74, 6) is 1.34. The van der Waals surface area contributed by atoms with Crippen LogP contribution in [0.4, 0.5) is 0 Å². The minimum absolute atomic E-state index is 0.390. The fourth-order valence-electron chi connectivity index (χ4n) is 2.12. The Hall–Kier alpha value is -2.23. The van der Waals surface area contributed by atoms with Crippen LogP contribution in [0, 0.1) is 0 Å². The van der Waals surface area contributed by atoms with Gasteiger partial charge in [0.2, 0.25) is 0 Å². The molecule has 0 atom stereocenters. The maximum atomic E-state index is 11.3. The van der Waals surface area contributed by atoms with Gasteiger partial charge in [-0.3, -0.25) is 0 Å². The van der Waals surface area contributed by atoms with Gasteiger partial charge in [-0.25, -0.2) is 4.79 Å². The smallest absolute Gasteiger partial charge is 0.336 e. The number of fused-ring (bicyclic) bond motifs is 1. The van der Waals surface area contributed by atoms with Crippen molar-refractivity contribution in [1.82, 2.24) is 0 Å². The van der Waals surface area contributed by atoms with E-state index in [2.05, 4.69) is 6.08 Å². The van der Waals surface area contributed by atoms with Gasteiger partial charge in [0, 0.05) is 17.7 Å². The maximum Gasteiger partial charge on any atom is 0.336 e. The minimum Gasteiger partial charge on any atom is -0.496 e. The van der Waals surface area contributed by atoms with Crippen molar-refractivity contribution in [3.05, 3.63) is 45.8 Å². The number of hydrogen-bond donors (Lipinski definition) is 0. The van der Waals surface area contributed by atoms with Crippen LogP contribution in [0.2, 0.25) is 0 Å². The highest BCUT2D eigenvalue weighted by Gasteiger charge is 2.15. The highest BCUT2D eigenvalue weighted by molar-refractivity contribution is 5.87. The molecule has 0 fully saturated rings. The standard InChI is InChI=1S/C16H18O4/c1-10(2)5-6-11-13(18-3)9-14-12(16(11)19-4)7-8-15(17)20-14/h5,7-9H,6H2,1-4H3. The molecule has 2 aromatic rings. The average molecular weight is 274 g/mol. The van der Waals surface area contributed by atoms with E-state index in [0.717, 1.165) is 10.9 Å². The molecule has 0 unspecified atom stereocenters. The van der Waals surface area contributed by atoms with Crippen molar-refractivity contribution in [1.29, 1.82) is 0 Å². The minimum atomic E-state index is -0.390. The Balaban J connectivity index is 2.73. The van der Waals surface area contributed by atoms with Crippen LogP contribution in [-0.2, 0) is 6.42 Å². The van der Waals surface area contributed by atoms with E-state index in [9.17, 15) is 4.79 Å². The van der Waals surface area contributed by atoms with Gasteiger partial charge in [0.25, 0.3) is 0 Å². The fraction of sp³-hybridized carbons (Fsp3) is 0.312. The van der Waals surface area contributed by atoms with Gasteiger partial charge < -0.3 is 13.9 Å². The highest BCUT2D eigenvalue weighted by Crippen LogP contribution is 2.37. The number of benzene rings is 1. The van der Waals surface area contributed by atoms with Crippen LogP contribution in [0.25, 0.3) is 11.0 Å². The molecule has 1 aromatic heterocycles. The zero-order valence-electron chi connectivity index (χ0n) is 12.1. The predicted molar refractivity (Wildman–Crippen MR) is 78.7 cm³/mol. The van der Waals surface area contributed by atoms with Gasteiger partial charge >= 0.3 is 5.63 Å². The van der Waals surface area contributed by atoms with Crippen molar-refractivity contribution in [3.63, 3.8) is 0 Å². The van der Waals surface area contributed by atoms with Gasteiger partial charge in [-0.05, 0) is 26.3 Å². The summed E-state index contributed by atoms with van der Waals surface area (Å²) in [6.45, 7) is 4.08. The average Bonchev–Trinajstić information content (AvgIpc) is 2.43. The van der Waals surface area contributed by atoms with E-state index < -0.39 is 5.63 Å². The first-order chi connectivity index (χ1) is 9.56. The molecule has 4 heteroatoms. The first-order valence-corrected chi connectivity index (χ1v) is 6.38. The summed E-state index contributed by atoms with van der Waals surface area (Å²) in [5.41, 5.74) is 2.23. The van der Waals surface area contributed by atoms with Gasteiger partial charge in [-0.15, -0.1) is 0 Å². The second kappa shape index (κ2) is 5.82. The quantitative estimate of drug-likeness (QED) is 0.634. The first-order valence-electron chi connectivity index (χ1n) is 6.38. The Morgan fingerprint density at radius 1 is 1.25 bits per heavy atom. The molecule has 20 heavy (non-hydrogen) atoms. The van der Waals surface area contributed by atoms with Crippen molar-refractivity contribution >= 4 is 11.0 Å². The Bertz CT molecular complexity index is 706. The van der Waals surface area contributed by atoms with E-state index in [1.807, 2.05) is 13.8 Å². The van der Waals surface area contributed by atoms with E-state index in [-0.39, 0.29) is 0 Å². The molecule has 106 valence electrons. The second-order valence-corrected chi connectivity index (χ2v) is 4.74. The molecule has 0 saturated heterocycles. The number of hydrogen-bond acceptors (Lipinski definition) is 4. The summed E-state index contributed by atoms with van der Waals surface area (Å²) in [5, 5.41) is 0.769. The van der Waals surface area contributed by atoms with Gasteiger partial charge in [0.15, 0.2) is 0 Å². The lowest BCUT2D eigenvalue weighted by Gasteiger charge is -2.14. The molecule has 0 N–H and O–H groups in total. The number of ether oxygens (including phenoxy) is 2. The van der Waals surface area contributed by atoms with Crippen LogP contribution < -0.4 is 15.1 Å². The van der Waals surface area contributed by atoms with Crippen molar-refractivity contribution in [2.24, 2.45) is 0 Å². The van der Waals surface area contributed by atoms with E-state index in [1.54, 1.807) is 26.4 Å². The molecule has 1 heterocycles. The van der Waals surface area contributed by atoms with Crippen LogP contribution >= 0.6 is 0 Å². The SMILES string of the molecule is COc1cc2oc(=O)ccc2c(OC)c1CC=C(C)C. The molecule has 0 radical (unpaired) electrons. The molecule has 4 nitrogen and oxygen atoms in total. The Kier molecular flexibility index (Phi) is 4.13. The number of allylic oxidation sites excluding steroid dienone is 2. The Labute approximate surface area is 117 Å². The van der Waals surface area contributed by atoms with Crippen LogP contribution in [0.15, 0.2) is 39.1 Å². The zero-order valence-corrected chi connectivity index (χ0v) is 12.1. The predicted octanol–water partition coefficient (Wildman–Crippen LogP) is 3.32. The summed E-state index contributed by atoms with van der Waals surface area (Å²) in [7, 11) is 3.19. The second-order valence-electron chi connectivity index (χ2n) is 4.74. The summed E-state index contributed by atoms with van der Waals surface area (Å²) in [4.78, 5) is 11.3. The topological polar surface area (TPSA) is 48.7 Å². The summed E-state index contributed by atoms with van der Waals surface area (Å²) < 4.78 is 16.1. The molecule has 1 aromatic carbocycles. The van der Waals surface area contributed by atoms with Crippen LogP contribution in [0.3, 0.4) is 0 Å². The molecule has 2 rings (SSSR count). The normalized spacial score (nSPS) is 10.4. The molecule has 0 spiro atoms. The number of methoxy groups -OCH3 is 2. The zero-order chi connectivity index (χ0) is 14.7. The largest absolute Gasteiger partial charge is 0.496 e. The number of rotatable bonds is 4. The maximum absolute atomic E-state index is 11.3. The van der Waals surface area contributed by atoms with Crippen LogP contribution in [-0.4, -0.2) is 14.2 Å². The molecule has 0 bridgehead atoms. The third kappa shape index (κ3) is 2.69. The van der Waals surface area contributed by atoms with Crippen LogP contribution in [0.5, 0.6) is 11.5 Å². The Morgan fingerprint density at radius 3 is 2.60 bits per heavy atom. The van der Waals surface area contributed by atoms with Gasteiger partial charge in [-0.2, -0.15) is 0 Å². The van der Waals surface area contributed by atoms with E-state index >= 15 is 0 Å². The third-order valence-corrected chi connectivity index (χ3v) is 3.08. The lowest BCUT2D eigenvalue weighted by Crippen LogP contribution is -2.00. The molecular formula is C16H18O4. The molecule has 0 aliphatic rings. The molecule has 0 amide bonds. The summed E-state index contributed by atoms with van der Waals surface area (Å²) in [6.07, 6.45) is 2.80. The van der Waals surface area contributed by atoms with E-state index in [1.165, 1.54) is 11.6 Å². The van der Waals surface area contributed by atoms with E-state index in [4.69, 9.17) is 13.9 Å². The van der Waals surface area contributed by atoms with Crippen molar-refractivity contribution in [2.75, 3.05) is 14.2 Å². The lowest BCUT2D eigenvalue weighted by molar-refractivity contribution is 0.389. The molecule has 0 aliphatic carbocycles. The van der Waals surface area contributed by atoms with Gasteiger partial charge in [-0.1, -0.05) is 11.6 Å². The molecular weight excluding hydrogens is 256 g/mol. The molecule has 0 aliphatic heterocycles. The third-order valence-electron chi connectivity index (χ3n) is 3.08. The van der Waals surface area contributed by atoms with E-state index in [0.29, 0.717) is 23.5 Å². The van der Waals surface area contributed by atoms with Crippen molar-refractivity contribution in [2.45, 2.75) is 20.3 Å². The van der Waals surface area contributed by atoms with Crippen molar-refractivity contribution < 1.29 is 13.9 Å². The fourth-order valence-corrected chi connectivity index (χ4v) is 2.12. The monoisotopic (exact) mass is 274 g/mol. The van der Waals surface area contributed by atoms with Crippen molar-refractivity contribution in [3.8, 4) is 11.5 Å². The first kappa shape index (κ1) is 14.2. The van der Waals surface area contributed by atoms with Gasteiger partial charge in [0.1, 0.15) is 17.1 Å². The summed E-state index contributed by atoms with van der Waals surface area (Å²) in [6, 6.07) is 4.83.